The smallest absolute Gasteiger partial charge is 0.0194 e. The molecule has 2 aliphatic rings. The molecule has 2 fully saturated rings. The predicted octanol–water partition coefficient (Wildman–Crippen LogP) is 2.34. The molecule has 16 heavy (non-hydrogen) atoms. The third-order valence-electron chi connectivity index (χ3n) is 4.09. The van der Waals surface area contributed by atoms with Crippen molar-refractivity contribution >= 4 is 11.8 Å². The molecule has 2 nitrogen and oxygen atoms in total. The Labute approximate surface area is 105 Å². The van der Waals surface area contributed by atoms with Gasteiger partial charge in [-0.3, -0.25) is 0 Å². The standard InChI is InChI=1S/C13H26N2S/c1-10(2)15-7-4-12(5-8-15)14-13-6-9-16-11(13)3/h10-14H,4-9H2,1-3H3. The molecule has 0 aliphatic carbocycles. The summed E-state index contributed by atoms with van der Waals surface area (Å²) in [5.74, 6) is 1.35. The molecule has 0 radical (unpaired) electrons. The van der Waals surface area contributed by atoms with Crippen molar-refractivity contribution in [2.24, 2.45) is 0 Å². The fraction of sp³-hybridized carbons (Fsp3) is 1.00. The Morgan fingerprint density at radius 1 is 1.19 bits per heavy atom. The van der Waals surface area contributed by atoms with Crippen LogP contribution < -0.4 is 5.32 Å². The van der Waals surface area contributed by atoms with Crippen LogP contribution >= 0.6 is 11.8 Å². The zero-order chi connectivity index (χ0) is 11.5. The lowest BCUT2D eigenvalue weighted by Gasteiger charge is -2.36. The second-order valence-corrected chi connectivity index (χ2v) is 7.03. The molecule has 0 saturated carbocycles. The van der Waals surface area contributed by atoms with E-state index in [0.717, 1.165) is 23.4 Å². The fourth-order valence-electron chi connectivity index (χ4n) is 2.84. The molecular formula is C13H26N2S. The van der Waals surface area contributed by atoms with Gasteiger partial charge >= 0.3 is 0 Å². The van der Waals surface area contributed by atoms with Crippen molar-refractivity contribution < 1.29 is 0 Å². The predicted molar refractivity (Wildman–Crippen MR) is 73.2 cm³/mol. The van der Waals surface area contributed by atoms with Crippen molar-refractivity contribution in [2.75, 3.05) is 18.8 Å². The summed E-state index contributed by atoms with van der Waals surface area (Å²) in [6, 6.07) is 2.28. The van der Waals surface area contributed by atoms with E-state index >= 15 is 0 Å². The van der Waals surface area contributed by atoms with Crippen molar-refractivity contribution in [3.63, 3.8) is 0 Å². The minimum Gasteiger partial charge on any atom is -0.310 e. The average Bonchev–Trinajstić information content (AvgIpc) is 2.65. The van der Waals surface area contributed by atoms with Crippen LogP contribution in [0.15, 0.2) is 0 Å². The molecule has 0 aromatic rings. The van der Waals surface area contributed by atoms with Crippen LogP contribution in [0.4, 0.5) is 0 Å². The average molecular weight is 242 g/mol. The molecule has 2 heterocycles. The first-order valence-corrected chi connectivity index (χ1v) is 7.83. The summed E-state index contributed by atoms with van der Waals surface area (Å²) in [6.07, 6.45) is 4.05. The lowest BCUT2D eigenvalue weighted by molar-refractivity contribution is 0.156. The van der Waals surface area contributed by atoms with E-state index in [1.807, 2.05) is 0 Å². The maximum absolute atomic E-state index is 3.88. The summed E-state index contributed by atoms with van der Waals surface area (Å²) in [5.41, 5.74) is 0. The van der Waals surface area contributed by atoms with Gasteiger partial charge in [-0.2, -0.15) is 11.8 Å². The van der Waals surface area contributed by atoms with Gasteiger partial charge in [-0.05, 0) is 52.0 Å². The highest BCUT2D eigenvalue weighted by Crippen LogP contribution is 2.27. The summed E-state index contributed by atoms with van der Waals surface area (Å²) in [7, 11) is 0. The number of nitrogens with zero attached hydrogens (tertiary/aromatic N) is 1. The minimum absolute atomic E-state index is 0.724. The van der Waals surface area contributed by atoms with Gasteiger partial charge in [0.05, 0.1) is 0 Å². The Morgan fingerprint density at radius 3 is 2.38 bits per heavy atom. The Hall–Kier alpha value is 0.270. The summed E-state index contributed by atoms with van der Waals surface area (Å²) >= 11 is 2.13. The van der Waals surface area contributed by atoms with Crippen LogP contribution in [0.5, 0.6) is 0 Å². The van der Waals surface area contributed by atoms with Crippen LogP contribution in [0.2, 0.25) is 0 Å². The first-order valence-electron chi connectivity index (χ1n) is 6.78. The first kappa shape index (κ1) is 12.7. The summed E-state index contributed by atoms with van der Waals surface area (Å²) < 4.78 is 0. The third kappa shape index (κ3) is 3.14. The van der Waals surface area contributed by atoms with Crippen molar-refractivity contribution in [2.45, 2.75) is 63.4 Å². The molecule has 2 rings (SSSR count). The van der Waals surface area contributed by atoms with Crippen molar-refractivity contribution in [3.05, 3.63) is 0 Å². The van der Waals surface area contributed by atoms with Gasteiger partial charge in [0.2, 0.25) is 0 Å². The van der Waals surface area contributed by atoms with Gasteiger partial charge in [0.1, 0.15) is 0 Å². The normalized spacial score (nSPS) is 33.8. The van der Waals surface area contributed by atoms with Gasteiger partial charge in [0, 0.05) is 23.4 Å². The van der Waals surface area contributed by atoms with Crippen molar-refractivity contribution in [1.29, 1.82) is 0 Å². The SMILES string of the molecule is CC1SCCC1NC1CCN(C(C)C)CC1. The zero-order valence-electron chi connectivity index (χ0n) is 10.9. The van der Waals surface area contributed by atoms with Gasteiger partial charge in [0.25, 0.3) is 0 Å². The molecular weight excluding hydrogens is 216 g/mol. The lowest BCUT2D eigenvalue weighted by atomic mass is 10.0. The van der Waals surface area contributed by atoms with E-state index in [0.29, 0.717) is 0 Å². The van der Waals surface area contributed by atoms with E-state index in [-0.39, 0.29) is 0 Å². The molecule has 0 bridgehead atoms. The molecule has 94 valence electrons. The second kappa shape index (κ2) is 5.74. The first-order chi connectivity index (χ1) is 7.66. The molecule has 0 amide bonds. The Morgan fingerprint density at radius 2 is 1.88 bits per heavy atom. The van der Waals surface area contributed by atoms with E-state index in [2.05, 4.69) is 42.7 Å². The topological polar surface area (TPSA) is 15.3 Å². The highest BCUT2D eigenvalue weighted by Gasteiger charge is 2.28. The van der Waals surface area contributed by atoms with Gasteiger partial charge in [0.15, 0.2) is 0 Å². The molecule has 2 saturated heterocycles. The number of thioether (sulfide) groups is 1. The highest BCUT2D eigenvalue weighted by molar-refractivity contribution is 8.00. The minimum atomic E-state index is 0.724. The van der Waals surface area contributed by atoms with Crippen molar-refractivity contribution in [3.8, 4) is 0 Å². The maximum atomic E-state index is 3.88. The Balaban J connectivity index is 1.72. The number of likely N-dealkylation sites (tertiary alicyclic amines) is 1. The van der Waals surface area contributed by atoms with Crippen LogP contribution in [0.25, 0.3) is 0 Å². The fourth-order valence-corrected chi connectivity index (χ4v) is 4.04. The maximum Gasteiger partial charge on any atom is 0.0194 e. The molecule has 1 N–H and O–H groups in total. The van der Waals surface area contributed by atoms with Gasteiger partial charge in [-0.15, -0.1) is 0 Å². The van der Waals surface area contributed by atoms with Gasteiger partial charge in [-0.1, -0.05) is 6.92 Å². The number of rotatable bonds is 3. The van der Waals surface area contributed by atoms with Crippen LogP contribution in [-0.4, -0.2) is 47.1 Å². The summed E-state index contributed by atoms with van der Waals surface area (Å²) in [6.45, 7) is 9.55. The highest BCUT2D eigenvalue weighted by atomic mass is 32.2. The van der Waals surface area contributed by atoms with E-state index in [1.54, 1.807) is 0 Å². The molecule has 0 spiro atoms. The van der Waals surface area contributed by atoms with Gasteiger partial charge in [-0.25, -0.2) is 0 Å². The van der Waals surface area contributed by atoms with E-state index in [1.165, 1.54) is 38.1 Å². The van der Waals surface area contributed by atoms with Crippen LogP contribution in [0, 0.1) is 0 Å². The van der Waals surface area contributed by atoms with Crippen molar-refractivity contribution in [1.82, 2.24) is 10.2 Å². The number of hydrogen-bond acceptors (Lipinski definition) is 3. The van der Waals surface area contributed by atoms with E-state index in [4.69, 9.17) is 0 Å². The number of hydrogen-bond donors (Lipinski definition) is 1. The molecule has 2 unspecified atom stereocenters. The van der Waals surface area contributed by atoms with Crippen LogP contribution in [0.3, 0.4) is 0 Å². The largest absolute Gasteiger partial charge is 0.310 e. The lowest BCUT2D eigenvalue weighted by Crippen LogP contribution is -2.49. The Kier molecular flexibility index (Phi) is 4.57. The molecule has 0 aromatic heterocycles. The monoisotopic (exact) mass is 242 g/mol. The van der Waals surface area contributed by atoms with Gasteiger partial charge < -0.3 is 10.2 Å². The number of piperidine rings is 1. The number of nitrogens with one attached hydrogen (secondary N) is 1. The molecule has 2 aliphatic heterocycles. The van der Waals surface area contributed by atoms with Crippen LogP contribution in [-0.2, 0) is 0 Å². The molecule has 2 atom stereocenters. The molecule has 0 aromatic carbocycles. The zero-order valence-corrected chi connectivity index (χ0v) is 11.7. The summed E-state index contributed by atoms with van der Waals surface area (Å²) in [5, 5.41) is 4.70. The third-order valence-corrected chi connectivity index (χ3v) is 5.41. The second-order valence-electron chi connectivity index (χ2n) is 5.54. The molecule has 3 heteroatoms. The Bertz CT molecular complexity index is 212. The summed E-state index contributed by atoms with van der Waals surface area (Å²) in [4.78, 5) is 2.60. The quantitative estimate of drug-likeness (QED) is 0.818. The van der Waals surface area contributed by atoms with Crippen LogP contribution in [0.1, 0.15) is 40.0 Å². The van der Waals surface area contributed by atoms with E-state index in [9.17, 15) is 0 Å². The van der Waals surface area contributed by atoms with E-state index < -0.39 is 0 Å².